The van der Waals surface area contributed by atoms with Crippen molar-refractivity contribution in [2.45, 2.75) is 4.16 Å². The first-order chi connectivity index (χ1) is 3.18. The molecule has 0 amide bonds. The largest absolute Gasteiger partial charge is 0.285 e. The first-order valence-corrected chi connectivity index (χ1v) is 3.47. The van der Waals surface area contributed by atoms with Gasteiger partial charge < -0.3 is 0 Å². The number of alkyl halides is 1. The summed E-state index contributed by atoms with van der Waals surface area (Å²) in [7, 11) is 0. The lowest BCUT2D eigenvalue weighted by Crippen LogP contribution is -1.97. The van der Waals surface area contributed by atoms with Crippen molar-refractivity contribution in [1.82, 2.24) is 0 Å². The lowest BCUT2D eigenvalue weighted by atomic mass is 10.9. The molecular formula is C2H2BrFOS2. The molecule has 0 fully saturated rings. The molecule has 0 saturated heterocycles. The van der Waals surface area contributed by atoms with Gasteiger partial charge in [-0.25, -0.2) is 0 Å². The molecule has 0 bridgehead atoms. The van der Waals surface area contributed by atoms with Gasteiger partial charge in [-0.3, -0.25) is 4.79 Å². The maximum absolute atomic E-state index is 11.2. The van der Waals surface area contributed by atoms with Gasteiger partial charge in [0.1, 0.15) is 0 Å². The van der Waals surface area contributed by atoms with E-state index in [4.69, 9.17) is 0 Å². The van der Waals surface area contributed by atoms with E-state index in [1.807, 2.05) is 0 Å². The fourth-order valence-corrected chi connectivity index (χ4v) is 0.234. The minimum atomic E-state index is -0.809. The van der Waals surface area contributed by atoms with Crippen molar-refractivity contribution >= 4 is 45.8 Å². The molecule has 7 heavy (non-hydrogen) atoms. The van der Waals surface area contributed by atoms with E-state index >= 15 is 0 Å². The second kappa shape index (κ2) is 3.74. The van der Waals surface area contributed by atoms with Crippen molar-refractivity contribution in [2.24, 2.45) is 0 Å². The molecule has 0 aliphatic rings. The first-order valence-electron chi connectivity index (χ1n) is 1.32. The minimum Gasteiger partial charge on any atom is -0.285 e. The molecule has 0 aliphatic carbocycles. The van der Waals surface area contributed by atoms with Gasteiger partial charge >= 0.3 is 0 Å². The Bertz CT molecular complexity index is 78.1. The Labute approximate surface area is 58.9 Å². The van der Waals surface area contributed by atoms with E-state index in [1.54, 1.807) is 0 Å². The maximum Gasteiger partial charge on any atom is 0.212 e. The van der Waals surface area contributed by atoms with E-state index in [1.165, 1.54) is 0 Å². The van der Waals surface area contributed by atoms with E-state index < -0.39 is 9.27 Å². The summed E-state index contributed by atoms with van der Waals surface area (Å²) in [5.41, 5.74) is 0. The second-order valence-electron chi connectivity index (χ2n) is 0.743. The van der Waals surface area contributed by atoms with Crippen LogP contribution >= 0.6 is 40.7 Å². The van der Waals surface area contributed by atoms with Gasteiger partial charge in [0.2, 0.25) is 5.12 Å². The molecule has 0 rings (SSSR count). The fourth-order valence-electron chi connectivity index (χ4n) is 0.0381. The fraction of sp³-hybridized carbons (Fsp3) is 0.500. The highest BCUT2D eigenvalue weighted by Crippen LogP contribution is 2.19. The van der Waals surface area contributed by atoms with Crippen molar-refractivity contribution in [3.05, 3.63) is 0 Å². The van der Waals surface area contributed by atoms with Crippen LogP contribution in [0.2, 0.25) is 0 Å². The molecule has 1 nitrogen and oxygen atoms in total. The molecule has 0 spiro atoms. The number of hydrogen-bond donors (Lipinski definition) is 1. The molecule has 0 aromatic rings. The third-order valence-electron chi connectivity index (χ3n) is 0.272. The van der Waals surface area contributed by atoms with Gasteiger partial charge in [-0.2, -0.15) is 3.89 Å². The molecule has 0 aliphatic heterocycles. The first kappa shape index (κ1) is 7.78. The summed E-state index contributed by atoms with van der Waals surface area (Å²) in [5, 5.41) is -0.507. The molecule has 1 unspecified atom stereocenters. The average molecular weight is 205 g/mol. The van der Waals surface area contributed by atoms with E-state index in [9.17, 15) is 8.68 Å². The smallest absolute Gasteiger partial charge is 0.212 e. The third kappa shape index (κ3) is 3.37. The monoisotopic (exact) mass is 204 g/mol. The summed E-state index contributed by atoms with van der Waals surface area (Å²) in [6.07, 6.45) is 0. The Hall–Kier alpha value is 0.780. The van der Waals surface area contributed by atoms with Gasteiger partial charge in [0.05, 0.1) is 12.1 Å². The Morgan fingerprint density at radius 3 is 2.43 bits per heavy atom. The van der Waals surface area contributed by atoms with Crippen LogP contribution in [0.25, 0.3) is 0 Å². The molecular weight excluding hydrogens is 203 g/mol. The standard InChI is InChI=1S/C2H2BrFOS2/c3-1(7-4)2(5)6/h1H,(H,5,6). The highest BCUT2D eigenvalue weighted by molar-refractivity contribution is 9.11. The quantitative estimate of drug-likeness (QED) is 0.546. The van der Waals surface area contributed by atoms with E-state index in [0.717, 1.165) is 0 Å². The van der Waals surface area contributed by atoms with Crippen LogP contribution < -0.4 is 0 Å². The van der Waals surface area contributed by atoms with Crippen molar-refractivity contribution in [1.29, 1.82) is 0 Å². The van der Waals surface area contributed by atoms with Crippen LogP contribution in [0.4, 0.5) is 3.89 Å². The molecule has 0 heterocycles. The summed E-state index contributed by atoms with van der Waals surface area (Å²) in [6.45, 7) is 0. The maximum atomic E-state index is 11.2. The van der Waals surface area contributed by atoms with Gasteiger partial charge in [-0.05, 0) is 0 Å². The third-order valence-corrected chi connectivity index (χ3v) is 2.27. The van der Waals surface area contributed by atoms with Crippen LogP contribution in [0, 0.1) is 0 Å². The Kier molecular flexibility index (Phi) is 4.16. The molecule has 42 valence electrons. The molecule has 0 aromatic heterocycles. The summed E-state index contributed by atoms with van der Waals surface area (Å²) < 4.78 is 10.4. The van der Waals surface area contributed by atoms with Crippen molar-refractivity contribution in [3.63, 3.8) is 0 Å². The molecule has 0 aromatic carbocycles. The number of carbonyl (C=O) groups is 1. The predicted octanol–water partition coefficient (Wildman–Crippen LogP) is 1.78. The van der Waals surface area contributed by atoms with Crippen LogP contribution in [0.15, 0.2) is 0 Å². The van der Waals surface area contributed by atoms with Gasteiger partial charge in [-0.15, -0.1) is 12.6 Å². The molecule has 0 saturated carbocycles. The Morgan fingerprint density at radius 2 is 2.43 bits per heavy atom. The molecule has 0 N–H and O–H groups in total. The Morgan fingerprint density at radius 1 is 2.00 bits per heavy atom. The number of halogens is 2. The summed E-state index contributed by atoms with van der Waals surface area (Å²) in [4.78, 5) is 9.93. The van der Waals surface area contributed by atoms with Crippen molar-refractivity contribution in [3.8, 4) is 0 Å². The van der Waals surface area contributed by atoms with Gasteiger partial charge in [-0.1, -0.05) is 15.9 Å². The zero-order valence-electron chi connectivity index (χ0n) is 3.10. The average Bonchev–Trinajstić information content (AvgIpc) is 1.65. The number of carbonyl (C=O) groups excluding carboxylic acids is 1. The lowest BCUT2D eigenvalue weighted by Gasteiger charge is -1.90. The molecule has 0 radical (unpaired) electrons. The summed E-state index contributed by atoms with van der Waals surface area (Å²) >= 11 is 5.95. The SMILES string of the molecule is O=C(S)C(Br)SF. The lowest BCUT2D eigenvalue weighted by molar-refractivity contribution is -0.109. The Balaban J connectivity index is 3.34. The summed E-state index contributed by atoms with van der Waals surface area (Å²) in [6, 6.07) is 0. The van der Waals surface area contributed by atoms with Gasteiger partial charge in [0.15, 0.2) is 4.16 Å². The minimum absolute atomic E-state index is 0.0764. The van der Waals surface area contributed by atoms with Crippen LogP contribution in [0.5, 0.6) is 0 Å². The number of hydrogen-bond acceptors (Lipinski definition) is 2. The van der Waals surface area contributed by atoms with Crippen LogP contribution in [-0.2, 0) is 4.79 Å². The zero-order chi connectivity index (χ0) is 5.86. The second-order valence-corrected chi connectivity index (χ2v) is 3.36. The predicted molar refractivity (Wildman–Crippen MR) is 35.4 cm³/mol. The highest BCUT2D eigenvalue weighted by Gasteiger charge is 2.09. The highest BCUT2D eigenvalue weighted by atomic mass is 79.9. The number of rotatable bonds is 2. The van der Waals surface area contributed by atoms with E-state index in [0.29, 0.717) is 0 Å². The van der Waals surface area contributed by atoms with Crippen molar-refractivity contribution < 1.29 is 8.68 Å². The summed E-state index contributed by atoms with van der Waals surface area (Å²) in [5.74, 6) is 0. The van der Waals surface area contributed by atoms with Crippen LogP contribution in [-0.4, -0.2) is 9.27 Å². The normalized spacial score (nSPS) is 13.6. The topological polar surface area (TPSA) is 17.1 Å². The van der Waals surface area contributed by atoms with E-state index in [-0.39, 0.29) is 12.1 Å². The van der Waals surface area contributed by atoms with Crippen LogP contribution in [0.1, 0.15) is 0 Å². The molecule has 5 heteroatoms. The zero-order valence-corrected chi connectivity index (χ0v) is 6.39. The van der Waals surface area contributed by atoms with Gasteiger partial charge in [0, 0.05) is 0 Å². The van der Waals surface area contributed by atoms with E-state index in [2.05, 4.69) is 28.6 Å². The van der Waals surface area contributed by atoms with Crippen LogP contribution in [0.3, 0.4) is 0 Å². The molecule has 1 atom stereocenters. The number of thiol groups is 1. The van der Waals surface area contributed by atoms with Crippen molar-refractivity contribution in [2.75, 3.05) is 0 Å². The van der Waals surface area contributed by atoms with Gasteiger partial charge in [0.25, 0.3) is 0 Å².